The molecule has 5 rings (SSSR count). The van der Waals surface area contributed by atoms with Gasteiger partial charge in [-0.25, -0.2) is 0 Å². The molecule has 2 aliphatic heterocycles. The van der Waals surface area contributed by atoms with Gasteiger partial charge in [-0.15, -0.1) is 0 Å². The fourth-order valence-corrected chi connectivity index (χ4v) is 6.44. The highest BCUT2D eigenvalue weighted by atomic mass is 16.5. The Morgan fingerprint density at radius 3 is 2.33 bits per heavy atom. The molecule has 0 atom stereocenters. The van der Waals surface area contributed by atoms with Gasteiger partial charge in [-0.1, -0.05) is 35.4 Å². The van der Waals surface area contributed by atoms with Gasteiger partial charge in [0, 0.05) is 68.8 Å². The van der Waals surface area contributed by atoms with Crippen molar-refractivity contribution in [1.29, 1.82) is 0 Å². The maximum Gasteiger partial charge on any atom is 0.251 e. The number of anilines is 1. The van der Waals surface area contributed by atoms with Gasteiger partial charge in [-0.3, -0.25) is 14.5 Å². The van der Waals surface area contributed by atoms with E-state index in [2.05, 4.69) is 52.4 Å². The van der Waals surface area contributed by atoms with Crippen LogP contribution < -0.4 is 10.2 Å². The molecule has 0 saturated carbocycles. The zero-order chi connectivity index (χ0) is 29.6. The Kier molecular flexibility index (Phi) is 9.93. The summed E-state index contributed by atoms with van der Waals surface area (Å²) in [4.78, 5) is 31.3. The third-order valence-corrected chi connectivity index (χ3v) is 8.86. The van der Waals surface area contributed by atoms with Gasteiger partial charge in [0.15, 0.2) is 5.78 Å². The molecule has 2 aromatic rings. The molecular weight excluding hydrogens is 526 g/mol. The summed E-state index contributed by atoms with van der Waals surface area (Å²) in [7, 11) is 0. The molecule has 0 bridgehead atoms. The largest absolute Gasteiger partial charge is 0.381 e. The molecule has 1 aliphatic carbocycles. The smallest absolute Gasteiger partial charge is 0.251 e. The van der Waals surface area contributed by atoms with Crippen molar-refractivity contribution >= 4 is 17.4 Å². The van der Waals surface area contributed by atoms with Crippen LogP contribution in [0, 0.1) is 6.92 Å². The quantitative estimate of drug-likeness (QED) is 0.431. The van der Waals surface area contributed by atoms with E-state index >= 15 is 0 Å². The second-order valence-corrected chi connectivity index (χ2v) is 11.9. The molecule has 2 heterocycles. The molecule has 0 radical (unpaired) electrons. The zero-order valence-corrected chi connectivity index (χ0v) is 25.6. The molecule has 2 saturated heterocycles. The summed E-state index contributed by atoms with van der Waals surface area (Å²) in [5, 5.41) is 3.08. The molecular formula is C35H45N3O4. The number of hydrogen-bond donors (Lipinski definition) is 1. The van der Waals surface area contributed by atoms with Crippen molar-refractivity contribution in [1.82, 2.24) is 10.2 Å². The minimum atomic E-state index is -0.151. The van der Waals surface area contributed by atoms with Crippen LogP contribution in [0.25, 0.3) is 11.1 Å². The topological polar surface area (TPSA) is 71.1 Å². The van der Waals surface area contributed by atoms with Crippen LogP contribution in [0.5, 0.6) is 0 Å². The molecule has 2 aromatic carbocycles. The Bertz CT molecular complexity index is 1350. The lowest BCUT2D eigenvalue weighted by Crippen LogP contribution is -2.40. The molecule has 2 fully saturated rings. The number of rotatable bonds is 9. The summed E-state index contributed by atoms with van der Waals surface area (Å²) in [6.07, 6.45) is 4.40. The van der Waals surface area contributed by atoms with Crippen molar-refractivity contribution in [2.75, 3.05) is 57.5 Å². The number of nitrogens with one attached hydrogen (secondary N) is 1. The van der Waals surface area contributed by atoms with Gasteiger partial charge in [0.25, 0.3) is 5.91 Å². The van der Waals surface area contributed by atoms with Gasteiger partial charge in [-0.05, 0) is 87.4 Å². The van der Waals surface area contributed by atoms with Gasteiger partial charge in [0.2, 0.25) is 0 Å². The Labute approximate surface area is 250 Å². The summed E-state index contributed by atoms with van der Waals surface area (Å²) in [5.41, 5.74) is 8.86. The standard InChI is InChI=1S/C35H45N3O4/c1-5-38(30-10-14-41-15-11-30)33-21-29(28-8-6-27(7-9-28)23-37-12-16-42-17-13-37)20-31(26(33)4)35(40)36-22-32-25(3)18-24(2)19-34(32)39/h6-9,19-21,30H,5,10-18,22-23H2,1-4H3,(H,36,40). The lowest BCUT2D eigenvalue weighted by molar-refractivity contribution is -0.111. The second-order valence-electron chi connectivity index (χ2n) is 11.9. The van der Waals surface area contributed by atoms with E-state index in [1.165, 1.54) is 5.56 Å². The third-order valence-electron chi connectivity index (χ3n) is 8.86. The highest BCUT2D eigenvalue weighted by Crippen LogP contribution is 2.34. The average Bonchev–Trinajstić information content (AvgIpc) is 2.99. The van der Waals surface area contributed by atoms with Crippen LogP contribution in [-0.4, -0.2) is 75.2 Å². The van der Waals surface area contributed by atoms with E-state index in [0.29, 0.717) is 17.2 Å². The number of ether oxygens (including phenoxy) is 2. The van der Waals surface area contributed by atoms with E-state index in [1.807, 2.05) is 26.8 Å². The van der Waals surface area contributed by atoms with Crippen molar-refractivity contribution in [3.63, 3.8) is 0 Å². The first-order valence-corrected chi connectivity index (χ1v) is 15.4. The van der Waals surface area contributed by atoms with Gasteiger partial charge in [-0.2, -0.15) is 0 Å². The van der Waals surface area contributed by atoms with Crippen LogP contribution in [0.15, 0.2) is 59.2 Å². The Morgan fingerprint density at radius 2 is 1.67 bits per heavy atom. The number of hydrogen-bond acceptors (Lipinski definition) is 6. The number of amides is 1. The molecule has 1 N–H and O–H groups in total. The molecule has 0 aromatic heterocycles. The second kappa shape index (κ2) is 13.8. The fraction of sp³-hybridized carbons (Fsp3) is 0.486. The first-order chi connectivity index (χ1) is 20.3. The number of carbonyl (C=O) groups excluding carboxylic acids is 2. The third kappa shape index (κ3) is 7.02. The number of morpholine rings is 1. The molecule has 7 nitrogen and oxygen atoms in total. The highest BCUT2D eigenvalue weighted by molar-refractivity contribution is 6.07. The summed E-state index contributed by atoms with van der Waals surface area (Å²) in [6, 6.07) is 13.3. The molecule has 42 heavy (non-hydrogen) atoms. The van der Waals surface area contributed by atoms with Gasteiger partial charge >= 0.3 is 0 Å². The summed E-state index contributed by atoms with van der Waals surface area (Å²) >= 11 is 0. The van der Waals surface area contributed by atoms with Crippen molar-refractivity contribution in [3.8, 4) is 11.1 Å². The van der Waals surface area contributed by atoms with Gasteiger partial charge in [0.05, 0.1) is 13.2 Å². The first-order valence-electron chi connectivity index (χ1n) is 15.4. The zero-order valence-electron chi connectivity index (χ0n) is 25.6. The molecule has 0 spiro atoms. The number of ketones is 1. The number of carbonyl (C=O) groups is 2. The van der Waals surface area contributed by atoms with E-state index < -0.39 is 0 Å². The lowest BCUT2D eigenvalue weighted by Gasteiger charge is -2.37. The molecule has 3 aliphatic rings. The van der Waals surface area contributed by atoms with E-state index in [9.17, 15) is 9.59 Å². The van der Waals surface area contributed by atoms with E-state index in [0.717, 1.165) is 105 Å². The minimum absolute atomic E-state index is 0.00319. The highest BCUT2D eigenvalue weighted by Gasteiger charge is 2.25. The number of benzene rings is 2. The normalized spacial score (nSPS) is 18.7. The van der Waals surface area contributed by atoms with Crippen molar-refractivity contribution in [2.45, 2.75) is 59.5 Å². The molecule has 224 valence electrons. The van der Waals surface area contributed by atoms with Crippen molar-refractivity contribution < 1.29 is 19.1 Å². The Morgan fingerprint density at radius 1 is 0.976 bits per heavy atom. The Hall–Kier alpha value is -3.26. The number of allylic oxidation sites excluding steroid dienone is 3. The van der Waals surface area contributed by atoms with Crippen LogP contribution in [0.4, 0.5) is 5.69 Å². The van der Waals surface area contributed by atoms with E-state index in [4.69, 9.17) is 9.47 Å². The maximum atomic E-state index is 13.8. The fourth-order valence-electron chi connectivity index (χ4n) is 6.44. The molecule has 7 heteroatoms. The maximum absolute atomic E-state index is 13.8. The van der Waals surface area contributed by atoms with Crippen molar-refractivity contribution in [3.05, 3.63) is 75.9 Å². The summed E-state index contributed by atoms with van der Waals surface area (Å²) in [5.74, 6) is -0.154. The van der Waals surface area contributed by atoms with Crippen LogP contribution in [-0.2, 0) is 20.8 Å². The monoisotopic (exact) mass is 571 g/mol. The molecule has 0 unspecified atom stereocenters. The predicted octanol–water partition coefficient (Wildman–Crippen LogP) is 5.46. The van der Waals surface area contributed by atoms with Gasteiger partial charge in [0.1, 0.15) is 0 Å². The molecule has 1 amide bonds. The average molecular weight is 572 g/mol. The predicted molar refractivity (Wildman–Crippen MR) is 168 cm³/mol. The minimum Gasteiger partial charge on any atom is -0.381 e. The Balaban J connectivity index is 1.44. The van der Waals surface area contributed by atoms with Crippen LogP contribution in [0.1, 0.15) is 61.5 Å². The van der Waals surface area contributed by atoms with E-state index in [1.54, 1.807) is 6.08 Å². The summed E-state index contributed by atoms with van der Waals surface area (Å²) in [6.45, 7) is 15.2. The summed E-state index contributed by atoms with van der Waals surface area (Å²) < 4.78 is 11.2. The van der Waals surface area contributed by atoms with Crippen molar-refractivity contribution in [2.24, 2.45) is 0 Å². The lowest BCUT2D eigenvalue weighted by atomic mass is 9.92. The SMILES string of the molecule is CCN(c1cc(-c2ccc(CN3CCOCC3)cc2)cc(C(=O)NCC2=C(C)CC(C)=CC2=O)c1C)C1CCOCC1. The van der Waals surface area contributed by atoms with Crippen LogP contribution >= 0.6 is 0 Å². The van der Waals surface area contributed by atoms with Crippen LogP contribution in [0.2, 0.25) is 0 Å². The first kappa shape index (κ1) is 30.2. The van der Waals surface area contributed by atoms with Crippen LogP contribution in [0.3, 0.4) is 0 Å². The van der Waals surface area contributed by atoms with E-state index in [-0.39, 0.29) is 18.2 Å². The number of nitrogens with zero attached hydrogens (tertiary/aromatic N) is 2. The van der Waals surface area contributed by atoms with Gasteiger partial charge < -0.3 is 19.7 Å².